The van der Waals surface area contributed by atoms with Gasteiger partial charge in [-0.3, -0.25) is 9.89 Å². The second-order valence-electron chi connectivity index (χ2n) is 4.20. The van der Waals surface area contributed by atoms with Gasteiger partial charge in [0.15, 0.2) is 5.69 Å². The summed E-state index contributed by atoms with van der Waals surface area (Å²) in [6, 6.07) is -0.207. The van der Waals surface area contributed by atoms with Crippen LogP contribution in [0.1, 0.15) is 23.1 Å². The van der Waals surface area contributed by atoms with Crippen molar-refractivity contribution in [1.29, 1.82) is 0 Å². The van der Waals surface area contributed by atoms with E-state index in [0.29, 0.717) is 25.2 Å². The average molecular weight is 268 g/mol. The van der Waals surface area contributed by atoms with Gasteiger partial charge in [0, 0.05) is 27.2 Å². The number of hydrogen-bond acceptors (Lipinski definition) is 4. The molecular formula is C11H20N6O2. The molecule has 0 aliphatic rings. The molecule has 1 aromatic heterocycles. The van der Waals surface area contributed by atoms with Crippen molar-refractivity contribution in [3.8, 4) is 0 Å². The van der Waals surface area contributed by atoms with E-state index in [2.05, 4.69) is 20.8 Å². The SMILES string of the molecule is CCc1[nH]nc(C(=O)NCCNC(=O)N(C)C)c1N. The Morgan fingerprint density at radius 3 is 2.47 bits per heavy atom. The van der Waals surface area contributed by atoms with E-state index < -0.39 is 0 Å². The molecule has 0 aliphatic heterocycles. The fourth-order valence-corrected chi connectivity index (χ4v) is 1.42. The molecule has 5 N–H and O–H groups in total. The monoisotopic (exact) mass is 268 g/mol. The zero-order valence-corrected chi connectivity index (χ0v) is 11.4. The zero-order valence-electron chi connectivity index (χ0n) is 11.4. The summed E-state index contributed by atoms with van der Waals surface area (Å²) in [6.07, 6.45) is 0.686. The molecule has 0 saturated carbocycles. The molecule has 0 aromatic carbocycles. The lowest BCUT2D eigenvalue weighted by Crippen LogP contribution is -2.39. The van der Waals surface area contributed by atoms with E-state index in [1.807, 2.05) is 6.92 Å². The molecule has 8 nitrogen and oxygen atoms in total. The Morgan fingerprint density at radius 2 is 1.95 bits per heavy atom. The van der Waals surface area contributed by atoms with Crippen LogP contribution in [0, 0.1) is 0 Å². The molecule has 8 heteroatoms. The van der Waals surface area contributed by atoms with Crippen molar-refractivity contribution in [3.05, 3.63) is 11.4 Å². The van der Waals surface area contributed by atoms with Gasteiger partial charge in [-0.05, 0) is 6.42 Å². The number of carbonyl (C=O) groups is 2. The standard InChI is InChI=1S/C11H20N6O2/c1-4-7-8(12)9(16-15-7)10(18)13-5-6-14-11(19)17(2)3/h4-6,12H2,1-3H3,(H,13,18)(H,14,19)(H,15,16). The highest BCUT2D eigenvalue weighted by molar-refractivity contribution is 5.97. The summed E-state index contributed by atoms with van der Waals surface area (Å²) in [5, 5.41) is 11.9. The van der Waals surface area contributed by atoms with Crippen LogP contribution in [0.25, 0.3) is 0 Å². The number of H-pyrrole nitrogens is 1. The number of aromatic amines is 1. The first-order valence-corrected chi connectivity index (χ1v) is 6.03. The number of urea groups is 1. The van der Waals surface area contributed by atoms with Crippen molar-refractivity contribution in [1.82, 2.24) is 25.7 Å². The highest BCUT2D eigenvalue weighted by Gasteiger charge is 2.15. The van der Waals surface area contributed by atoms with Gasteiger partial charge in [0.2, 0.25) is 0 Å². The van der Waals surface area contributed by atoms with Gasteiger partial charge in [0.1, 0.15) is 0 Å². The molecule has 0 atom stereocenters. The van der Waals surface area contributed by atoms with Gasteiger partial charge in [-0.15, -0.1) is 0 Å². The number of rotatable bonds is 5. The van der Waals surface area contributed by atoms with Crippen LogP contribution >= 0.6 is 0 Å². The molecule has 0 bridgehead atoms. The van der Waals surface area contributed by atoms with Crippen LogP contribution in [-0.4, -0.2) is 54.2 Å². The van der Waals surface area contributed by atoms with Gasteiger partial charge in [0.25, 0.3) is 5.91 Å². The van der Waals surface area contributed by atoms with Gasteiger partial charge in [-0.2, -0.15) is 5.10 Å². The Hall–Kier alpha value is -2.25. The van der Waals surface area contributed by atoms with E-state index in [9.17, 15) is 9.59 Å². The Balaban J connectivity index is 2.39. The minimum atomic E-state index is -0.354. The number of anilines is 1. The van der Waals surface area contributed by atoms with Crippen molar-refractivity contribution in [2.24, 2.45) is 0 Å². The molecule has 1 heterocycles. The number of aryl methyl sites for hydroxylation is 1. The van der Waals surface area contributed by atoms with Crippen LogP contribution in [0.3, 0.4) is 0 Å². The molecule has 1 rings (SSSR count). The first-order valence-electron chi connectivity index (χ1n) is 6.03. The van der Waals surface area contributed by atoms with Crippen LogP contribution in [-0.2, 0) is 6.42 Å². The summed E-state index contributed by atoms with van der Waals surface area (Å²) in [5.74, 6) is -0.354. The van der Waals surface area contributed by atoms with E-state index in [4.69, 9.17) is 5.73 Å². The molecule has 0 saturated heterocycles. The van der Waals surface area contributed by atoms with Crippen LogP contribution in [0.4, 0.5) is 10.5 Å². The highest BCUT2D eigenvalue weighted by Crippen LogP contribution is 2.13. The van der Waals surface area contributed by atoms with E-state index in [1.54, 1.807) is 14.1 Å². The van der Waals surface area contributed by atoms with Gasteiger partial charge in [-0.1, -0.05) is 6.92 Å². The molecule has 0 fully saturated rings. The smallest absolute Gasteiger partial charge is 0.316 e. The first-order chi connectivity index (χ1) is 8.97. The fraction of sp³-hybridized carbons (Fsp3) is 0.545. The van der Waals surface area contributed by atoms with Crippen LogP contribution < -0.4 is 16.4 Å². The summed E-state index contributed by atoms with van der Waals surface area (Å²) in [6.45, 7) is 2.57. The lowest BCUT2D eigenvalue weighted by molar-refractivity contribution is 0.0949. The van der Waals surface area contributed by atoms with Gasteiger partial charge in [0.05, 0.1) is 11.4 Å². The van der Waals surface area contributed by atoms with Crippen molar-refractivity contribution in [2.75, 3.05) is 32.9 Å². The predicted octanol–water partition coefficient (Wildman–Crippen LogP) is -0.445. The molecule has 0 radical (unpaired) electrons. The summed E-state index contributed by atoms with van der Waals surface area (Å²) in [4.78, 5) is 24.4. The third kappa shape index (κ3) is 3.87. The Labute approximate surface area is 111 Å². The third-order valence-electron chi connectivity index (χ3n) is 2.54. The minimum Gasteiger partial charge on any atom is -0.395 e. The molecule has 106 valence electrons. The highest BCUT2D eigenvalue weighted by atomic mass is 16.2. The number of nitrogens with zero attached hydrogens (tertiary/aromatic N) is 2. The molecule has 19 heavy (non-hydrogen) atoms. The Morgan fingerprint density at radius 1 is 1.32 bits per heavy atom. The normalized spacial score (nSPS) is 10.1. The quantitative estimate of drug-likeness (QED) is 0.541. The second kappa shape index (κ2) is 6.62. The molecule has 0 unspecified atom stereocenters. The predicted molar refractivity (Wildman–Crippen MR) is 71.8 cm³/mol. The maximum Gasteiger partial charge on any atom is 0.316 e. The lowest BCUT2D eigenvalue weighted by atomic mass is 10.2. The van der Waals surface area contributed by atoms with Crippen molar-refractivity contribution in [2.45, 2.75) is 13.3 Å². The summed E-state index contributed by atoms with van der Waals surface area (Å²) in [5.41, 5.74) is 7.08. The van der Waals surface area contributed by atoms with Crippen LogP contribution in [0.2, 0.25) is 0 Å². The first kappa shape index (κ1) is 14.8. The van der Waals surface area contributed by atoms with E-state index in [1.165, 1.54) is 4.90 Å². The molecule has 3 amide bonds. The Kier molecular flexibility index (Phi) is 5.16. The van der Waals surface area contributed by atoms with E-state index >= 15 is 0 Å². The minimum absolute atomic E-state index is 0.191. The summed E-state index contributed by atoms with van der Waals surface area (Å²) in [7, 11) is 3.29. The number of amides is 3. The van der Waals surface area contributed by atoms with Crippen molar-refractivity contribution in [3.63, 3.8) is 0 Å². The van der Waals surface area contributed by atoms with Gasteiger partial charge >= 0.3 is 6.03 Å². The number of carbonyl (C=O) groups excluding carboxylic acids is 2. The van der Waals surface area contributed by atoms with E-state index in [0.717, 1.165) is 5.69 Å². The molecule has 1 aromatic rings. The molecular weight excluding hydrogens is 248 g/mol. The summed E-state index contributed by atoms with van der Waals surface area (Å²) >= 11 is 0. The molecule has 0 spiro atoms. The number of aromatic nitrogens is 2. The number of hydrogen-bond donors (Lipinski definition) is 4. The average Bonchev–Trinajstić information content (AvgIpc) is 2.75. The van der Waals surface area contributed by atoms with Crippen LogP contribution in [0.15, 0.2) is 0 Å². The van der Waals surface area contributed by atoms with E-state index in [-0.39, 0.29) is 17.6 Å². The number of nitrogen functional groups attached to an aromatic ring is 1. The zero-order chi connectivity index (χ0) is 14.4. The maximum atomic E-state index is 11.8. The van der Waals surface area contributed by atoms with Crippen molar-refractivity contribution >= 4 is 17.6 Å². The maximum absolute atomic E-state index is 11.8. The largest absolute Gasteiger partial charge is 0.395 e. The third-order valence-corrected chi connectivity index (χ3v) is 2.54. The van der Waals surface area contributed by atoms with Crippen molar-refractivity contribution < 1.29 is 9.59 Å². The van der Waals surface area contributed by atoms with Crippen LogP contribution in [0.5, 0.6) is 0 Å². The Bertz CT molecular complexity index is 454. The number of nitrogens with two attached hydrogens (primary N) is 1. The fourth-order valence-electron chi connectivity index (χ4n) is 1.42. The van der Waals surface area contributed by atoms with Gasteiger partial charge < -0.3 is 21.3 Å². The lowest BCUT2D eigenvalue weighted by Gasteiger charge is -2.11. The van der Waals surface area contributed by atoms with Gasteiger partial charge in [-0.25, -0.2) is 4.79 Å². The second-order valence-corrected chi connectivity index (χ2v) is 4.20. The number of nitrogens with one attached hydrogen (secondary N) is 3. The topological polar surface area (TPSA) is 116 Å². The molecule has 0 aliphatic carbocycles. The summed E-state index contributed by atoms with van der Waals surface area (Å²) < 4.78 is 0.